The second-order valence-electron chi connectivity index (χ2n) is 7.05. The lowest BCUT2D eigenvalue weighted by molar-refractivity contribution is -0.137. The Labute approximate surface area is 180 Å². The maximum Gasteiger partial charge on any atom is 0.416 e. The first kappa shape index (κ1) is 22.9. The summed E-state index contributed by atoms with van der Waals surface area (Å²) in [5.74, 6) is -0.975. The average Bonchev–Trinajstić information content (AvgIpc) is 2.72. The summed E-state index contributed by atoms with van der Waals surface area (Å²) < 4.78 is 48.3. The van der Waals surface area contributed by atoms with Crippen molar-refractivity contribution in [2.75, 3.05) is 7.11 Å². The third kappa shape index (κ3) is 5.45. The third-order valence-electron chi connectivity index (χ3n) is 4.79. The van der Waals surface area contributed by atoms with E-state index in [1.54, 1.807) is 12.1 Å². The summed E-state index contributed by atoms with van der Waals surface area (Å²) in [4.78, 5) is 36.2. The van der Waals surface area contributed by atoms with Gasteiger partial charge in [0.15, 0.2) is 0 Å². The van der Waals surface area contributed by atoms with E-state index in [4.69, 9.17) is 14.9 Å². The maximum absolute atomic E-state index is 12.7. The molecule has 0 bridgehead atoms. The van der Waals surface area contributed by atoms with Crippen LogP contribution in [0.5, 0.6) is 5.75 Å². The molecule has 3 aromatic rings. The Morgan fingerprint density at radius 2 is 1.81 bits per heavy atom. The highest BCUT2D eigenvalue weighted by Gasteiger charge is 2.30. The van der Waals surface area contributed by atoms with Gasteiger partial charge in [-0.15, -0.1) is 0 Å². The molecule has 0 fully saturated rings. The van der Waals surface area contributed by atoms with Crippen molar-refractivity contribution in [3.63, 3.8) is 0 Å². The number of hydrogen-bond acceptors (Lipinski definition) is 5. The summed E-state index contributed by atoms with van der Waals surface area (Å²) in [7, 11) is 1.46. The van der Waals surface area contributed by atoms with Crippen LogP contribution in [0.15, 0.2) is 57.7 Å². The molecule has 0 aliphatic carbocycles. The minimum Gasteiger partial charge on any atom is -0.497 e. The Bertz CT molecular complexity index is 1200. The Morgan fingerprint density at radius 1 is 1.12 bits per heavy atom. The Morgan fingerprint density at radius 3 is 2.41 bits per heavy atom. The molecule has 1 aromatic heterocycles. The van der Waals surface area contributed by atoms with Crippen LogP contribution in [-0.2, 0) is 28.6 Å². The lowest BCUT2D eigenvalue weighted by atomic mass is 10.0. The van der Waals surface area contributed by atoms with Gasteiger partial charge in [0.2, 0.25) is 11.8 Å². The molecule has 0 saturated heterocycles. The van der Waals surface area contributed by atoms with Crippen molar-refractivity contribution >= 4 is 22.8 Å². The highest BCUT2D eigenvalue weighted by atomic mass is 19.4. The molecule has 168 valence electrons. The molecular formula is C22H19F3N2O5. The van der Waals surface area contributed by atoms with Crippen molar-refractivity contribution in [3.8, 4) is 5.75 Å². The van der Waals surface area contributed by atoms with Gasteiger partial charge >= 0.3 is 11.8 Å². The van der Waals surface area contributed by atoms with Crippen molar-refractivity contribution < 1.29 is 31.9 Å². The smallest absolute Gasteiger partial charge is 0.416 e. The van der Waals surface area contributed by atoms with Crippen LogP contribution >= 0.6 is 0 Å². The van der Waals surface area contributed by atoms with Crippen LogP contribution in [0.2, 0.25) is 0 Å². The number of nitrogens with two attached hydrogens (primary N) is 1. The van der Waals surface area contributed by atoms with Gasteiger partial charge in [0.1, 0.15) is 17.4 Å². The number of hydrogen-bond donors (Lipinski definition) is 2. The van der Waals surface area contributed by atoms with Gasteiger partial charge in [-0.25, -0.2) is 4.79 Å². The van der Waals surface area contributed by atoms with Gasteiger partial charge in [-0.05, 0) is 35.4 Å². The van der Waals surface area contributed by atoms with Crippen molar-refractivity contribution in [1.29, 1.82) is 0 Å². The number of carbonyl (C=O) groups excluding carboxylic acids is 2. The average molecular weight is 448 g/mol. The summed E-state index contributed by atoms with van der Waals surface area (Å²) in [6, 6.07) is 8.98. The van der Waals surface area contributed by atoms with E-state index in [0.29, 0.717) is 22.3 Å². The van der Waals surface area contributed by atoms with Gasteiger partial charge in [-0.2, -0.15) is 13.2 Å². The number of rotatable bonds is 7. The Balaban J connectivity index is 1.77. The number of methoxy groups -OCH3 is 1. The van der Waals surface area contributed by atoms with E-state index in [0.717, 1.165) is 12.1 Å². The molecule has 7 nitrogen and oxygen atoms in total. The van der Waals surface area contributed by atoms with E-state index < -0.39 is 35.2 Å². The quantitative estimate of drug-likeness (QED) is 0.540. The van der Waals surface area contributed by atoms with E-state index >= 15 is 0 Å². The predicted molar refractivity (Wildman–Crippen MR) is 109 cm³/mol. The summed E-state index contributed by atoms with van der Waals surface area (Å²) >= 11 is 0. The molecule has 0 unspecified atom stereocenters. The molecule has 0 radical (unpaired) electrons. The largest absolute Gasteiger partial charge is 0.497 e. The van der Waals surface area contributed by atoms with Gasteiger partial charge < -0.3 is 20.2 Å². The zero-order chi connectivity index (χ0) is 23.5. The summed E-state index contributed by atoms with van der Waals surface area (Å²) in [5, 5.41) is 3.01. The predicted octanol–water partition coefficient (Wildman–Crippen LogP) is 2.58. The van der Waals surface area contributed by atoms with Crippen LogP contribution in [-0.4, -0.2) is 25.0 Å². The Hall–Kier alpha value is -3.82. The fourth-order valence-electron chi connectivity index (χ4n) is 3.19. The number of primary amides is 1. The molecule has 1 heterocycles. The normalized spacial score (nSPS) is 12.4. The topological polar surface area (TPSA) is 112 Å². The van der Waals surface area contributed by atoms with Crippen molar-refractivity contribution in [2.24, 2.45) is 5.73 Å². The van der Waals surface area contributed by atoms with Gasteiger partial charge in [-0.1, -0.05) is 12.1 Å². The first-order valence-electron chi connectivity index (χ1n) is 9.42. The number of fused-ring (bicyclic) bond motifs is 1. The van der Waals surface area contributed by atoms with Crippen LogP contribution in [0.25, 0.3) is 11.0 Å². The van der Waals surface area contributed by atoms with Crippen molar-refractivity contribution in [1.82, 2.24) is 5.32 Å². The summed E-state index contributed by atoms with van der Waals surface area (Å²) in [6.45, 7) is 0. The first-order valence-corrected chi connectivity index (χ1v) is 9.42. The van der Waals surface area contributed by atoms with Crippen LogP contribution in [0.1, 0.15) is 16.7 Å². The highest BCUT2D eigenvalue weighted by molar-refractivity contribution is 5.89. The van der Waals surface area contributed by atoms with Gasteiger partial charge in [0.05, 0.1) is 19.1 Å². The van der Waals surface area contributed by atoms with Crippen molar-refractivity contribution in [2.45, 2.75) is 25.1 Å². The zero-order valence-electron chi connectivity index (χ0n) is 16.9. The molecule has 1 atom stereocenters. The third-order valence-corrected chi connectivity index (χ3v) is 4.79. The molecule has 3 rings (SSSR count). The number of nitrogens with one attached hydrogen (secondary N) is 1. The van der Waals surface area contributed by atoms with Crippen LogP contribution in [0, 0.1) is 0 Å². The molecule has 10 heteroatoms. The standard InChI is InChI=1S/C22H19F3N2O5/c1-31-15-6-7-16-13(10-20(29)32-18(16)11-15)9-17(21(26)30)27-19(28)8-12-2-4-14(5-3-12)22(23,24)25/h2-7,10-11,17H,8-9H2,1H3,(H2,26,30)(H,27,28)/t17-/m1/s1. The molecule has 0 aliphatic heterocycles. The molecule has 0 saturated carbocycles. The number of carbonyl (C=O) groups is 2. The summed E-state index contributed by atoms with van der Waals surface area (Å²) in [5.41, 5.74) is 4.94. The highest BCUT2D eigenvalue weighted by Crippen LogP contribution is 2.29. The lowest BCUT2D eigenvalue weighted by Gasteiger charge is -2.17. The minimum atomic E-state index is -4.48. The first-order chi connectivity index (χ1) is 15.1. The van der Waals surface area contributed by atoms with Crippen LogP contribution in [0.3, 0.4) is 0 Å². The summed E-state index contributed by atoms with van der Waals surface area (Å²) in [6.07, 6.45) is -4.81. The number of halogens is 3. The van der Waals surface area contributed by atoms with E-state index in [9.17, 15) is 27.6 Å². The fraction of sp³-hybridized carbons (Fsp3) is 0.227. The van der Waals surface area contributed by atoms with E-state index in [1.807, 2.05) is 0 Å². The van der Waals surface area contributed by atoms with Crippen LogP contribution in [0.4, 0.5) is 13.2 Å². The monoisotopic (exact) mass is 448 g/mol. The molecule has 2 aromatic carbocycles. The number of amides is 2. The minimum absolute atomic E-state index is 0.0808. The Kier molecular flexibility index (Phi) is 6.52. The second kappa shape index (κ2) is 9.13. The molecule has 0 aliphatic rings. The maximum atomic E-state index is 12.7. The molecule has 2 amide bonds. The van der Waals surface area contributed by atoms with Crippen LogP contribution < -0.4 is 21.4 Å². The van der Waals surface area contributed by atoms with Crippen molar-refractivity contribution in [3.05, 3.63) is 75.6 Å². The number of ether oxygens (including phenoxy) is 1. The van der Waals surface area contributed by atoms with Gasteiger partial charge in [-0.3, -0.25) is 9.59 Å². The molecular weight excluding hydrogens is 429 g/mol. The lowest BCUT2D eigenvalue weighted by Crippen LogP contribution is -2.46. The molecule has 3 N–H and O–H groups in total. The van der Waals surface area contributed by atoms with E-state index in [-0.39, 0.29) is 18.4 Å². The number of alkyl halides is 3. The zero-order valence-corrected chi connectivity index (χ0v) is 16.9. The SMILES string of the molecule is COc1ccc2c(C[C@@H](NC(=O)Cc3ccc(C(F)(F)F)cc3)C(N)=O)cc(=O)oc2c1. The molecule has 0 spiro atoms. The van der Waals surface area contributed by atoms with Gasteiger partial charge in [0.25, 0.3) is 0 Å². The molecule has 32 heavy (non-hydrogen) atoms. The second-order valence-corrected chi connectivity index (χ2v) is 7.05. The van der Waals surface area contributed by atoms with E-state index in [1.165, 1.54) is 31.4 Å². The van der Waals surface area contributed by atoms with E-state index in [2.05, 4.69) is 5.32 Å². The van der Waals surface area contributed by atoms with Gasteiger partial charge in [0, 0.05) is 23.9 Å². The fourth-order valence-corrected chi connectivity index (χ4v) is 3.19. The number of benzene rings is 2.